The highest BCUT2D eigenvalue weighted by molar-refractivity contribution is 5.87. The van der Waals surface area contributed by atoms with Crippen molar-refractivity contribution in [2.75, 3.05) is 0 Å². The lowest BCUT2D eigenvalue weighted by Crippen LogP contribution is -2.42. The lowest BCUT2D eigenvalue weighted by atomic mass is 10.0. The second-order valence-electron chi connectivity index (χ2n) is 6.43. The van der Waals surface area contributed by atoms with E-state index in [4.69, 9.17) is 0 Å². The number of rotatable bonds is 7. The molecule has 0 saturated carbocycles. The third kappa shape index (κ3) is 4.11. The Bertz CT molecular complexity index is 915. The first-order valence-electron chi connectivity index (χ1n) is 8.63. The lowest BCUT2D eigenvalue weighted by molar-refractivity contribution is -0.141. The molecule has 3 rings (SSSR count). The van der Waals surface area contributed by atoms with E-state index in [1.165, 1.54) is 0 Å². The van der Waals surface area contributed by atoms with E-state index in [1.807, 2.05) is 72.4 Å². The number of carbonyl (C=O) groups excluding carboxylic acids is 1. The summed E-state index contributed by atoms with van der Waals surface area (Å²) in [7, 11) is 1.93. The summed E-state index contributed by atoms with van der Waals surface area (Å²) >= 11 is 0. The first kappa shape index (κ1) is 17.7. The molecule has 0 radical (unpaired) electrons. The van der Waals surface area contributed by atoms with Gasteiger partial charge in [-0.1, -0.05) is 48.5 Å². The van der Waals surface area contributed by atoms with E-state index in [0.717, 1.165) is 22.0 Å². The fourth-order valence-corrected chi connectivity index (χ4v) is 3.18. The normalized spacial score (nSPS) is 12.0. The van der Waals surface area contributed by atoms with Crippen molar-refractivity contribution in [2.24, 2.45) is 7.05 Å². The van der Waals surface area contributed by atoms with Crippen LogP contribution >= 0.6 is 0 Å². The molecular formula is C21H22N2O3. The molecule has 1 amide bonds. The Morgan fingerprint density at radius 3 is 2.50 bits per heavy atom. The minimum absolute atomic E-state index is 0.249. The van der Waals surface area contributed by atoms with E-state index in [1.54, 1.807) is 0 Å². The van der Waals surface area contributed by atoms with Gasteiger partial charge < -0.3 is 15.0 Å². The zero-order valence-corrected chi connectivity index (χ0v) is 14.7. The van der Waals surface area contributed by atoms with Gasteiger partial charge in [-0.15, -0.1) is 0 Å². The SMILES string of the molecule is Cn1cc(C[C@H](NC(=O)CCc2ccccc2)C(=O)O)c2ccccc21. The maximum Gasteiger partial charge on any atom is 0.326 e. The van der Waals surface area contributed by atoms with Crippen LogP contribution in [0.5, 0.6) is 0 Å². The monoisotopic (exact) mass is 350 g/mol. The number of aryl methyl sites for hydroxylation is 2. The lowest BCUT2D eigenvalue weighted by Gasteiger charge is -2.14. The van der Waals surface area contributed by atoms with Crippen LogP contribution in [-0.4, -0.2) is 27.6 Å². The van der Waals surface area contributed by atoms with Gasteiger partial charge in [0.1, 0.15) is 6.04 Å². The molecule has 5 heteroatoms. The number of nitrogens with one attached hydrogen (secondary N) is 1. The van der Waals surface area contributed by atoms with Crippen molar-refractivity contribution < 1.29 is 14.7 Å². The number of para-hydroxylation sites is 1. The van der Waals surface area contributed by atoms with Crippen LogP contribution in [0.15, 0.2) is 60.8 Å². The fraction of sp³-hybridized carbons (Fsp3) is 0.238. The zero-order chi connectivity index (χ0) is 18.5. The number of carboxylic acids is 1. The van der Waals surface area contributed by atoms with E-state index in [0.29, 0.717) is 6.42 Å². The smallest absolute Gasteiger partial charge is 0.326 e. The van der Waals surface area contributed by atoms with E-state index >= 15 is 0 Å². The first-order valence-corrected chi connectivity index (χ1v) is 8.63. The Kier molecular flexibility index (Phi) is 5.37. The van der Waals surface area contributed by atoms with Gasteiger partial charge in [-0.3, -0.25) is 4.79 Å². The van der Waals surface area contributed by atoms with Gasteiger partial charge in [0.05, 0.1) is 0 Å². The molecule has 0 saturated heterocycles. The quantitative estimate of drug-likeness (QED) is 0.688. The molecule has 26 heavy (non-hydrogen) atoms. The van der Waals surface area contributed by atoms with E-state index in [9.17, 15) is 14.7 Å². The summed E-state index contributed by atoms with van der Waals surface area (Å²) in [4.78, 5) is 23.8. The number of fused-ring (bicyclic) bond motifs is 1. The first-order chi connectivity index (χ1) is 12.5. The van der Waals surface area contributed by atoms with Crippen LogP contribution < -0.4 is 5.32 Å². The zero-order valence-electron chi connectivity index (χ0n) is 14.7. The van der Waals surface area contributed by atoms with Crippen LogP contribution in [0.1, 0.15) is 17.5 Å². The molecule has 0 fully saturated rings. The molecule has 0 spiro atoms. The van der Waals surface area contributed by atoms with Crippen molar-refractivity contribution in [2.45, 2.75) is 25.3 Å². The van der Waals surface area contributed by atoms with Crippen LogP contribution in [-0.2, 0) is 29.5 Å². The van der Waals surface area contributed by atoms with Crippen LogP contribution in [0, 0.1) is 0 Å². The minimum Gasteiger partial charge on any atom is -0.480 e. The molecule has 0 bridgehead atoms. The number of benzene rings is 2. The number of amides is 1. The van der Waals surface area contributed by atoms with Gasteiger partial charge in [0.25, 0.3) is 0 Å². The topological polar surface area (TPSA) is 71.3 Å². The molecular weight excluding hydrogens is 328 g/mol. The van der Waals surface area contributed by atoms with Crippen molar-refractivity contribution in [1.29, 1.82) is 0 Å². The molecule has 3 aromatic rings. The Morgan fingerprint density at radius 2 is 1.77 bits per heavy atom. The molecule has 1 aromatic heterocycles. The van der Waals surface area contributed by atoms with Crippen LogP contribution in [0.25, 0.3) is 10.9 Å². The van der Waals surface area contributed by atoms with Gasteiger partial charge in [-0.05, 0) is 23.6 Å². The number of carbonyl (C=O) groups is 2. The number of nitrogens with zero attached hydrogens (tertiary/aromatic N) is 1. The summed E-state index contributed by atoms with van der Waals surface area (Å²) in [6, 6.07) is 16.6. The van der Waals surface area contributed by atoms with Gasteiger partial charge in [0, 0.05) is 37.0 Å². The maximum absolute atomic E-state index is 12.2. The van der Waals surface area contributed by atoms with Gasteiger partial charge in [-0.25, -0.2) is 4.79 Å². The van der Waals surface area contributed by atoms with Gasteiger partial charge >= 0.3 is 5.97 Å². The highest BCUT2D eigenvalue weighted by Gasteiger charge is 2.22. The predicted octanol–water partition coefficient (Wildman–Crippen LogP) is 2.92. The highest BCUT2D eigenvalue weighted by Crippen LogP contribution is 2.21. The Hall–Kier alpha value is -3.08. The summed E-state index contributed by atoms with van der Waals surface area (Å²) in [5.41, 5.74) is 3.02. The third-order valence-electron chi connectivity index (χ3n) is 4.52. The standard InChI is InChI=1S/C21H22N2O3/c1-23-14-16(17-9-5-6-10-19(17)23)13-18(21(25)26)22-20(24)12-11-15-7-3-2-4-8-15/h2-10,14,18H,11-13H2,1H3,(H,22,24)(H,25,26)/t18-/m0/s1. The molecule has 1 heterocycles. The largest absolute Gasteiger partial charge is 0.480 e. The van der Waals surface area contributed by atoms with Gasteiger partial charge in [0.15, 0.2) is 0 Å². The molecule has 0 aliphatic carbocycles. The van der Waals surface area contributed by atoms with E-state index in [-0.39, 0.29) is 18.7 Å². The maximum atomic E-state index is 12.2. The Morgan fingerprint density at radius 1 is 1.08 bits per heavy atom. The average molecular weight is 350 g/mol. The molecule has 2 N–H and O–H groups in total. The van der Waals surface area contributed by atoms with Crippen molar-refractivity contribution in [3.8, 4) is 0 Å². The molecule has 1 atom stereocenters. The molecule has 134 valence electrons. The fourth-order valence-electron chi connectivity index (χ4n) is 3.18. The van der Waals surface area contributed by atoms with Gasteiger partial charge in [0.2, 0.25) is 5.91 Å². The summed E-state index contributed by atoms with van der Waals surface area (Å²) in [5, 5.41) is 13.2. The average Bonchev–Trinajstić information content (AvgIpc) is 2.96. The number of aromatic nitrogens is 1. The second-order valence-corrected chi connectivity index (χ2v) is 6.43. The second kappa shape index (κ2) is 7.87. The summed E-state index contributed by atoms with van der Waals surface area (Å²) < 4.78 is 1.97. The van der Waals surface area contributed by atoms with Crippen molar-refractivity contribution in [3.63, 3.8) is 0 Å². The number of hydrogen-bond donors (Lipinski definition) is 2. The molecule has 0 aliphatic heterocycles. The number of hydrogen-bond acceptors (Lipinski definition) is 2. The number of aliphatic carboxylic acids is 1. The summed E-state index contributed by atoms with van der Waals surface area (Å²) in [6.45, 7) is 0. The Labute approximate surface area is 152 Å². The van der Waals surface area contributed by atoms with Gasteiger partial charge in [-0.2, -0.15) is 0 Å². The summed E-state index contributed by atoms with van der Waals surface area (Å²) in [6.07, 6.45) is 3.04. The van der Waals surface area contributed by atoms with Crippen LogP contribution in [0.2, 0.25) is 0 Å². The van der Waals surface area contributed by atoms with Crippen LogP contribution in [0.4, 0.5) is 0 Å². The van der Waals surface area contributed by atoms with Crippen molar-refractivity contribution in [1.82, 2.24) is 9.88 Å². The molecule has 0 unspecified atom stereocenters. The third-order valence-corrected chi connectivity index (χ3v) is 4.52. The molecule has 5 nitrogen and oxygen atoms in total. The highest BCUT2D eigenvalue weighted by atomic mass is 16.4. The number of carboxylic acid groups (broad SMARTS) is 1. The molecule has 0 aliphatic rings. The Balaban J connectivity index is 1.67. The molecule has 2 aromatic carbocycles. The van der Waals surface area contributed by atoms with Crippen LogP contribution in [0.3, 0.4) is 0 Å². The van der Waals surface area contributed by atoms with Crippen molar-refractivity contribution in [3.05, 3.63) is 71.9 Å². The van der Waals surface area contributed by atoms with E-state index < -0.39 is 12.0 Å². The van der Waals surface area contributed by atoms with E-state index in [2.05, 4.69) is 5.32 Å². The summed E-state index contributed by atoms with van der Waals surface area (Å²) in [5.74, 6) is -1.27. The minimum atomic E-state index is -1.02. The predicted molar refractivity (Wildman–Crippen MR) is 101 cm³/mol. The van der Waals surface area contributed by atoms with Crippen molar-refractivity contribution >= 4 is 22.8 Å².